The molecule has 0 atom stereocenters. The van der Waals surface area contributed by atoms with Crippen LogP contribution in [0.3, 0.4) is 0 Å². The minimum Gasteiger partial charge on any atom is -0.493 e. The highest BCUT2D eigenvalue weighted by molar-refractivity contribution is 5.97. The fourth-order valence-corrected chi connectivity index (χ4v) is 3.35. The zero-order valence-corrected chi connectivity index (χ0v) is 18.2. The van der Waals surface area contributed by atoms with Crippen molar-refractivity contribution < 1.29 is 14.3 Å². The van der Waals surface area contributed by atoms with Crippen LogP contribution in [0.1, 0.15) is 32.9 Å². The van der Waals surface area contributed by atoms with Crippen LogP contribution in [0.4, 0.5) is 0 Å². The van der Waals surface area contributed by atoms with Gasteiger partial charge in [-0.3, -0.25) is 4.79 Å². The van der Waals surface area contributed by atoms with Gasteiger partial charge in [-0.1, -0.05) is 35.9 Å². The van der Waals surface area contributed by atoms with Gasteiger partial charge in [-0.15, -0.1) is 0 Å². The smallest absolute Gasteiger partial charge is 0.271 e. The average molecular weight is 428 g/mol. The van der Waals surface area contributed by atoms with Gasteiger partial charge in [0.25, 0.3) is 5.91 Å². The molecule has 0 aliphatic carbocycles. The topological polar surface area (TPSA) is 88.6 Å². The summed E-state index contributed by atoms with van der Waals surface area (Å²) in [6.07, 6.45) is 2.21. The second-order valence-electron chi connectivity index (χ2n) is 7.39. The van der Waals surface area contributed by atoms with Crippen LogP contribution >= 0.6 is 0 Å². The van der Waals surface area contributed by atoms with Crippen molar-refractivity contribution in [1.29, 1.82) is 0 Å². The maximum atomic E-state index is 12.5. The Morgan fingerprint density at radius 3 is 2.56 bits per heavy atom. The Morgan fingerprint density at radius 1 is 1.03 bits per heavy atom. The zero-order valence-electron chi connectivity index (χ0n) is 18.2. The normalized spacial score (nSPS) is 11.1. The predicted molar refractivity (Wildman–Crippen MR) is 125 cm³/mol. The van der Waals surface area contributed by atoms with Gasteiger partial charge in [0.2, 0.25) is 0 Å². The fourth-order valence-electron chi connectivity index (χ4n) is 3.35. The summed E-state index contributed by atoms with van der Waals surface area (Å²) in [4.78, 5) is 20.4. The number of carbonyl (C=O) groups excluding carboxylic acids is 1. The lowest BCUT2D eigenvalue weighted by molar-refractivity contribution is 0.0955. The number of hydrogen-bond acceptors (Lipinski definition) is 5. The molecule has 1 heterocycles. The van der Waals surface area contributed by atoms with Crippen LogP contribution in [0.25, 0.3) is 11.0 Å². The van der Waals surface area contributed by atoms with Crippen LogP contribution in [-0.4, -0.2) is 36.3 Å². The summed E-state index contributed by atoms with van der Waals surface area (Å²) in [5, 5.41) is 4.05. The second kappa shape index (κ2) is 9.34. The SMILES string of the molecule is COc1ccc(Cc2nc3ccc(C(=O)N/N=C\c4ccc(C)cc4)cc3[nH]2)cc1OC. The van der Waals surface area contributed by atoms with Crippen molar-refractivity contribution in [3.05, 3.63) is 88.7 Å². The molecule has 0 fully saturated rings. The number of fused-ring (bicyclic) bond motifs is 1. The van der Waals surface area contributed by atoms with Crippen LogP contribution < -0.4 is 14.9 Å². The molecule has 4 aromatic rings. The first-order valence-electron chi connectivity index (χ1n) is 10.2. The number of aromatic nitrogens is 2. The lowest BCUT2D eigenvalue weighted by atomic mass is 10.1. The minimum absolute atomic E-state index is 0.286. The maximum absolute atomic E-state index is 12.5. The van der Waals surface area contributed by atoms with Gasteiger partial charge in [-0.05, 0) is 48.4 Å². The number of nitrogens with zero attached hydrogens (tertiary/aromatic N) is 2. The number of hydrazone groups is 1. The predicted octanol–water partition coefficient (Wildman–Crippen LogP) is 4.24. The molecule has 32 heavy (non-hydrogen) atoms. The number of carbonyl (C=O) groups is 1. The number of benzene rings is 3. The molecule has 7 nitrogen and oxygen atoms in total. The molecule has 0 bridgehead atoms. The van der Waals surface area contributed by atoms with E-state index in [1.165, 1.54) is 5.56 Å². The van der Waals surface area contributed by atoms with E-state index in [0.717, 1.165) is 28.0 Å². The number of hydrogen-bond donors (Lipinski definition) is 2. The third-order valence-electron chi connectivity index (χ3n) is 5.07. The Balaban J connectivity index is 1.46. The van der Waals surface area contributed by atoms with Crippen molar-refractivity contribution in [3.8, 4) is 11.5 Å². The van der Waals surface area contributed by atoms with E-state index < -0.39 is 0 Å². The summed E-state index contributed by atoms with van der Waals surface area (Å²) in [6.45, 7) is 2.02. The van der Waals surface area contributed by atoms with Gasteiger partial charge >= 0.3 is 0 Å². The molecule has 0 saturated heterocycles. The first-order chi connectivity index (χ1) is 15.6. The molecular formula is C25H24N4O3. The highest BCUT2D eigenvalue weighted by atomic mass is 16.5. The molecule has 0 radical (unpaired) electrons. The van der Waals surface area contributed by atoms with Crippen LogP contribution in [0.15, 0.2) is 65.8 Å². The van der Waals surface area contributed by atoms with E-state index in [0.29, 0.717) is 23.5 Å². The quantitative estimate of drug-likeness (QED) is 0.340. The van der Waals surface area contributed by atoms with Crippen LogP contribution in [0, 0.1) is 6.92 Å². The lowest BCUT2D eigenvalue weighted by Crippen LogP contribution is -2.17. The first-order valence-corrected chi connectivity index (χ1v) is 10.2. The molecule has 0 unspecified atom stereocenters. The Labute approximate surface area is 186 Å². The monoisotopic (exact) mass is 428 g/mol. The Hall–Kier alpha value is -4.13. The number of H-pyrrole nitrogens is 1. The van der Waals surface area contributed by atoms with Crippen molar-refractivity contribution in [3.63, 3.8) is 0 Å². The van der Waals surface area contributed by atoms with E-state index in [2.05, 4.69) is 20.5 Å². The van der Waals surface area contributed by atoms with E-state index in [4.69, 9.17) is 9.47 Å². The van der Waals surface area contributed by atoms with Crippen molar-refractivity contribution in [2.45, 2.75) is 13.3 Å². The van der Waals surface area contributed by atoms with E-state index >= 15 is 0 Å². The number of amides is 1. The summed E-state index contributed by atoms with van der Waals surface area (Å²) < 4.78 is 10.7. The standard InChI is InChI=1S/C25H24N4O3/c1-16-4-6-17(7-5-16)15-26-29-25(30)19-9-10-20-21(14-19)28-24(27-20)13-18-8-11-22(31-2)23(12-18)32-3/h4-12,14-15H,13H2,1-3H3,(H,27,28)(H,29,30)/b26-15-. The molecule has 1 aromatic heterocycles. The van der Waals surface area contributed by atoms with Gasteiger partial charge in [-0.2, -0.15) is 5.10 Å². The molecule has 162 valence electrons. The van der Waals surface area contributed by atoms with Crippen LogP contribution in [0.2, 0.25) is 0 Å². The van der Waals surface area contributed by atoms with E-state index in [1.54, 1.807) is 32.6 Å². The minimum atomic E-state index is -0.286. The van der Waals surface area contributed by atoms with Crippen molar-refractivity contribution in [2.75, 3.05) is 14.2 Å². The van der Waals surface area contributed by atoms with Crippen LogP contribution in [0.5, 0.6) is 11.5 Å². The highest BCUT2D eigenvalue weighted by Gasteiger charge is 2.10. The third kappa shape index (κ3) is 4.78. The second-order valence-corrected chi connectivity index (χ2v) is 7.39. The number of ether oxygens (including phenoxy) is 2. The maximum Gasteiger partial charge on any atom is 0.271 e. The van der Waals surface area contributed by atoms with Gasteiger partial charge in [0.1, 0.15) is 5.82 Å². The highest BCUT2D eigenvalue weighted by Crippen LogP contribution is 2.28. The molecule has 0 aliphatic rings. The van der Waals surface area contributed by atoms with Gasteiger partial charge in [0.15, 0.2) is 11.5 Å². The molecule has 1 amide bonds. The number of aryl methyl sites for hydroxylation is 1. The third-order valence-corrected chi connectivity index (χ3v) is 5.07. The summed E-state index contributed by atoms with van der Waals surface area (Å²) in [7, 11) is 3.22. The zero-order chi connectivity index (χ0) is 22.5. The summed E-state index contributed by atoms with van der Waals surface area (Å²) in [5.41, 5.74) is 7.77. The average Bonchev–Trinajstić information content (AvgIpc) is 3.21. The molecule has 0 saturated carbocycles. The number of aromatic amines is 1. The molecule has 7 heteroatoms. The number of nitrogens with one attached hydrogen (secondary N) is 2. The molecular weight excluding hydrogens is 404 g/mol. The van der Waals surface area contributed by atoms with E-state index in [1.807, 2.05) is 55.5 Å². The Bertz CT molecular complexity index is 1280. The largest absolute Gasteiger partial charge is 0.493 e. The molecule has 0 spiro atoms. The van der Waals surface area contributed by atoms with Gasteiger partial charge in [0, 0.05) is 12.0 Å². The van der Waals surface area contributed by atoms with Gasteiger partial charge < -0.3 is 14.5 Å². The van der Waals surface area contributed by atoms with Crippen molar-refractivity contribution in [2.24, 2.45) is 5.10 Å². The summed E-state index contributed by atoms with van der Waals surface area (Å²) in [6, 6.07) is 19.0. The molecule has 4 rings (SSSR count). The lowest BCUT2D eigenvalue weighted by Gasteiger charge is -2.08. The van der Waals surface area contributed by atoms with Crippen LogP contribution in [-0.2, 0) is 6.42 Å². The molecule has 3 aromatic carbocycles. The van der Waals surface area contributed by atoms with E-state index in [-0.39, 0.29) is 5.91 Å². The number of methoxy groups -OCH3 is 2. The number of imidazole rings is 1. The number of rotatable bonds is 7. The molecule has 2 N–H and O–H groups in total. The van der Waals surface area contributed by atoms with E-state index in [9.17, 15) is 4.79 Å². The Kier molecular flexibility index (Phi) is 6.17. The fraction of sp³-hybridized carbons (Fsp3) is 0.160. The molecule has 0 aliphatic heterocycles. The Morgan fingerprint density at radius 2 is 1.81 bits per heavy atom. The summed E-state index contributed by atoms with van der Waals surface area (Å²) >= 11 is 0. The van der Waals surface area contributed by atoms with Gasteiger partial charge in [-0.25, -0.2) is 10.4 Å². The van der Waals surface area contributed by atoms with Crippen molar-refractivity contribution in [1.82, 2.24) is 15.4 Å². The van der Waals surface area contributed by atoms with Gasteiger partial charge in [0.05, 0.1) is 31.5 Å². The van der Waals surface area contributed by atoms with Crippen molar-refractivity contribution >= 4 is 23.2 Å². The summed E-state index contributed by atoms with van der Waals surface area (Å²) in [5.74, 6) is 1.86. The first kappa shape index (κ1) is 21.1.